The van der Waals surface area contributed by atoms with Crippen molar-refractivity contribution in [3.05, 3.63) is 29.8 Å². The molecule has 1 aromatic rings. The van der Waals surface area contributed by atoms with E-state index in [-0.39, 0.29) is 6.67 Å². The molecule has 2 rings (SSSR count). The molecule has 0 bridgehead atoms. The lowest BCUT2D eigenvalue weighted by Crippen LogP contribution is -2.13. The fraction of sp³-hybridized carbons (Fsp3) is 0.667. The number of hydrogen-bond acceptors (Lipinski definition) is 1. The second-order valence-corrected chi connectivity index (χ2v) is 5.97. The average Bonchev–Trinajstić information content (AvgIpc) is 2.49. The summed E-state index contributed by atoms with van der Waals surface area (Å²) in [5.41, 5.74) is 1.44. The highest BCUT2D eigenvalue weighted by Crippen LogP contribution is 2.37. The van der Waals surface area contributed by atoms with Crippen molar-refractivity contribution in [2.45, 2.75) is 57.8 Å². The average molecular weight is 278 g/mol. The maximum absolute atomic E-state index is 12.0. The maximum Gasteiger partial charge on any atom is 0.119 e. The molecule has 1 aliphatic rings. The minimum absolute atomic E-state index is 0.306. The van der Waals surface area contributed by atoms with Gasteiger partial charge in [0.2, 0.25) is 0 Å². The molecule has 0 heterocycles. The lowest BCUT2D eigenvalue weighted by atomic mass is 9.77. The largest absolute Gasteiger partial charge is 0.494 e. The van der Waals surface area contributed by atoms with E-state index >= 15 is 0 Å². The topological polar surface area (TPSA) is 9.23 Å². The third-order valence-corrected chi connectivity index (χ3v) is 4.44. The van der Waals surface area contributed by atoms with E-state index in [2.05, 4.69) is 19.1 Å². The molecule has 112 valence electrons. The van der Waals surface area contributed by atoms with Gasteiger partial charge in [0.1, 0.15) is 5.75 Å². The molecule has 1 aliphatic carbocycles. The van der Waals surface area contributed by atoms with E-state index in [4.69, 9.17) is 4.74 Å². The number of alkyl halides is 1. The van der Waals surface area contributed by atoms with Crippen LogP contribution in [0.5, 0.6) is 5.75 Å². The monoisotopic (exact) mass is 278 g/mol. The molecule has 0 radical (unpaired) electrons. The van der Waals surface area contributed by atoms with Crippen LogP contribution < -0.4 is 4.74 Å². The minimum atomic E-state index is -0.306. The Kier molecular flexibility index (Phi) is 6.35. The molecule has 0 aliphatic heterocycles. The van der Waals surface area contributed by atoms with Crippen LogP contribution in [0, 0.1) is 5.92 Å². The van der Waals surface area contributed by atoms with Gasteiger partial charge in [0.15, 0.2) is 0 Å². The Labute approximate surface area is 122 Å². The van der Waals surface area contributed by atoms with E-state index in [0.29, 0.717) is 13.0 Å². The van der Waals surface area contributed by atoms with Crippen molar-refractivity contribution in [2.75, 3.05) is 13.3 Å². The molecule has 0 amide bonds. The third kappa shape index (κ3) is 4.50. The Morgan fingerprint density at radius 3 is 2.40 bits per heavy atom. The van der Waals surface area contributed by atoms with Crippen molar-refractivity contribution < 1.29 is 9.13 Å². The molecule has 20 heavy (non-hydrogen) atoms. The molecule has 0 atom stereocenters. The van der Waals surface area contributed by atoms with Gasteiger partial charge >= 0.3 is 0 Å². The Bertz CT molecular complexity index is 366. The van der Waals surface area contributed by atoms with Gasteiger partial charge in [-0.2, -0.15) is 0 Å². The smallest absolute Gasteiger partial charge is 0.119 e. The molecular weight excluding hydrogens is 251 g/mol. The van der Waals surface area contributed by atoms with Gasteiger partial charge in [-0.1, -0.05) is 31.9 Å². The van der Waals surface area contributed by atoms with Crippen LogP contribution in [0.25, 0.3) is 0 Å². The van der Waals surface area contributed by atoms with E-state index in [1.165, 1.54) is 44.1 Å². The van der Waals surface area contributed by atoms with Gasteiger partial charge in [-0.15, -0.1) is 0 Å². The number of ether oxygens (including phenoxy) is 1. The van der Waals surface area contributed by atoms with Gasteiger partial charge in [-0.25, -0.2) is 0 Å². The Morgan fingerprint density at radius 2 is 1.80 bits per heavy atom. The molecular formula is C18H27FO. The molecule has 0 unspecified atom stereocenters. The first kappa shape index (κ1) is 15.3. The van der Waals surface area contributed by atoms with Gasteiger partial charge in [0.05, 0.1) is 13.3 Å². The Morgan fingerprint density at radius 1 is 1.10 bits per heavy atom. The zero-order valence-electron chi connectivity index (χ0n) is 12.6. The predicted octanol–water partition coefficient (Wildman–Crippen LogP) is 5.50. The summed E-state index contributed by atoms with van der Waals surface area (Å²) in [4.78, 5) is 0. The van der Waals surface area contributed by atoms with E-state index in [0.717, 1.165) is 17.6 Å². The molecule has 1 fully saturated rings. The first-order valence-electron chi connectivity index (χ1n) is 8.12. The first-order chi connectivity index (χ1) is 9.83. The standard InChI is InChI=1S/C18H27FO/c1-2-4-15-5-7-16(8-6-15)17-9-11-18(12-10-17)20-14-3-13-19/h9-12,15-16H,2-8,13-14H2,1H3/t15-,16-. The molecule has 0 saturated heterocycles. The number of rotatable bonds is 7. The molecule has 0 N–H and O–H groups in total. The van der Waals surface area contributed by atoms with Gasteiger partial charge < -0.3 is 4.74 Å². The zero-order chi connectivity index (χ0) is 14.2. The van der Waals surface area contributed by atoms with Gasteiger partial charge in [0.25, 0.3) is 0 Å². The van der Waals surface area contributed by atoms with Crippen LogP contribution in [0.15, 0.2) is 24.3 Å². The number of benzene rings is 1. The highest BCUT2D eigenvalue weighted by molar-refractivity contribution is 5.29. The predicted molar refractivity (Wildman–Crippen MR) is 82.1 cm³/mol. The second kappa shape index (κ2) is 8.28. The van der Waals surface area contributed by atoms with Crippen LogP contribution >= 0.6 is 0 Å². The van der Waals surface area contributed by atoms with Crippen LogP contribution in [0.3, 0.4) is 0 Å². The Balaban J connectivity index is 1.81. The lowest BCUT2D eigenvalue weighted by Gasteiger charge is -2.28. The van der Waals surface area contributed by atoms with Crippen molar-refractivity contribution >= 4 is 0 Å². The highest BCUT2D eigenvalue weighted by Gasteiger charge is 2.21. The van der Waals surface area contributed by atoms with E-state index in [1.54, 1.807) is 0 Å². The van der Waals surface area contributed by atoms with E-state index < -0.39 is 0 Å². The van der Waals surface area contributed by atoms with Crippen LogP contribution in [0.1, 0.15) is 63.4 Å². The fourth-order valence-electron chi connectivity index (χ4n) is 3.27. The summed E-state index contributed by atoms with van der Waals surface area (Å²) < 4.78 is 17.5. The summed E-state index contributed by atoms with van der Waals surface area (Å²) in [7, 11) is 0. The highest BCUT2D eigenvalue weighted by atomic mass is 19.1. The van der Waals surface area contributed by atoms with Gasteiger partial charge in [-0.05, 0) is 55.2 Å². The third-order valence-electron chi connectivity index (χ3n) is 4.44. The number of halogens is 1. The second-order valence-electron chi connectivity index (χ2n) is 5.97. The zero-order valence-corrected chi connectivity index (χ0v) is 12.6. The van der Waals surface area contributed by atoms with Crippen LogP contribution in [-0.2, 0) is 0 Å². The van der Waals surface area contributed by atoms with Crippen molar-refractivity contribution in [3.8, 4) is 5.75 Å². The van der Waals surface area contributed by atoms with Crippen LogP contribution in [0.4, 0.5) is 4.39 Å². The summed E-state index contributed by atoms with van der Waals surface area (Å²) in [5, 5.41) is 0. The molecule has 0 aromatic heterocycles. The quantitative estimate of drug-likeness (QED) is 0.598. The molecule has 1 aromatic carbocycles. The summed E-state index contributed by atoms with van der Waals surface area (Å²) in [6.45, 7) is 2.45. The molecule has 1 nitrogen and oxygen atoms in total. The minimum Gasteiger partial charge on any atom is -0.494 e. The summed E-state index contributed by atoms with van der Waals surface area (Å²) in [5.74, 6) is 2.55. The van der Waals surface area contributed by atoms with E-state index in [9.17, 15) is 4.39 Å². The van der Waals surface area contributed by atoms with Gasteiger partial charge in [-0.3, -0.25) is 4.39 Å². The molecule has 0 spiro atoms. The fourth-order valence-corrected chi connectivity index (χ4v) is 3.27. The first-order valence-corrected chi connectivity index (χ1v) is 8.12. The summed E-state index contributed by atoms with van der Waals surface area (Å²) in [6.07, 6.45) is 8.61. The Hall–Kier alpha value is -1.05. The molecule has 2 heteroatoms. The van der Waals surface area contributed by atoms with Crippen LogP contribution in [-0.4, -0.2) is 13.3 Å². The van der Waals surface area contributed by atoms with E-state index in [1.807, 2.05) is 12.1 Å². The van der Waals surface area contributed by atoms with Gasteiger partial charge in [0, 0.05) is 6.42 Å². The lowest BCUT2D eigenvalue weighted by molar-refractivity contribution is 0.289. The maximum atomic E-state index is 12.0. The molecule has 1 saturated carbocycles. The SMILES string of the molecule is CCC[C@H]1CC[C@H](c2ccc(OCCCF)cc2)CC1. The number of hydrogen-bond donors (Lipinski definition) is 0. The van der Waals surface area contributed by atoms with Crippen LogP contribution in [0.2, 0.25) is 0 Å². The van der Waals surface area contributed by atoms with Crippen molar-refractivity contribution in [1.29, 1.82) is 0 Å². The summed E-state index contributed by atoms with van der Waals surface area (Å²) >= 11 is 0. The normalized spacial score (nSPS) is 22.7. The van der Waals surface area contributed by atoms with Crippen molar-refractivity contribution in [2.24, 2.45) is 5.92 Å². The summed E-state index contributed by atoms with van der Waals surface area (Å²) in [6, 6.07) is 8.45. The van der Waals surface area contributed by atoms with Crippen molar-refractivity contribution in [1.82, 2.24) is 0 Å². The van der Waals surface area contributed by atoms with Crippen molar-refractivity contribution in [3.63, 3.8) is 0 Å².